The van der Waals surface area contributed by atoms with Gasteiger partial charge in [-0.05, 0) is 46.5 Å². The van der Waals surface area contributed by atoms with Gasteiger partial charge < -0.3 is 5.32 Å². The van der Waals surface area contributed by atoms with E-state index in [9.17, 15) is 0 Å². The van der Waals surface area contributed by atoms with Gasteiger partial charge in [0.05, 0.1) is 0 Å². The van der Waals surface area contributed by atoms with Crippen LogP contribution in [0.15, 0.2) is 72.8 Å². The third-order valence-electron chi connectivity index (χ3n) is 4.65. The highest BCUT2D eigenvalue weighted by Gasteiger charge is 2.35. The minimum Gasteiger partial charge on any atom is -0.356 e. The first-order chi connectivity index (χ1) is 10.7. The predicted molar refractivity (Wildman–Crippen MR) is 95.8 cm³/mol. The van der Waals surface area contributed by atoms with Crippen molar-refractivity contribution in [3.8, 4) is 11.1 Å². The second-order valence-corrected chi connectivity index (χ2v) is 6.42. The lowest BCUT2D eigenvalue weighted by Crippen LogP contribution is -2.15. The van der Waals surface area contributed by atoms with Crippen molar-refractivity contribution < 1.29 is 1.43 Å². The van der Waals surface area contributed by atoms with Crippen LogP contribution in [0.2, 0.25) is 0 Å². The average molecular weight is 287 g/mol. The molecule has 0 amide bonds. The van der Waals surface area contributed by atoms with E-state index in [2.05, 4.69) is 85.9 Å². The van der Waals surface area contributed by atoms with E-state index in [1.54, 1.807) is 0 Å². The SMILES string of the molecule is CC1(C)c2ccccc2-c2ccc(Nc3ccccc3)cc21.[HH]. The van der Waals surface area contributed by atoms with Crippen molar-refractivity contribution >= 4 is 11.4 Å². The molecule has 3 aromatic rings. The summed E-state index contributed by atoms with van der Waals surface area (Å²) in [6, 6.07) is 25.8. The number of nitrogens with one attached hydrogen (secondary N) is 1. The molecule has 0 aromatic heterocycles. The van der Waals surface area contributed by atoms with Crippen LogP contribution in [0.25, 0.3) is 11.1 Å². The Morgan fingerprint density at radius 2 is 1.36 bits per heavy atom. The summed E-state index contributed by atoms with van der Waals surface area (Å²) in [6.07, 6.45) is 0. The molecule has 22 heavy (non-hydrogen) atoms. The van der Waals surface area contributed by atoms with Gasteiger partial charge in [-0.3, -0.25) is 0 Å². The van der Waals surface area contributed by atoms with Gasteiger partial charge in [0.1, 0.15) is 0 Å². The van der Waals surface area contributed by atoms with Crippen LogP contribution in [0.3, 0.4) is 0 Å². The van der Waals surface area contributed by atoms with Crippen molar-refractivity contribution in [3.63, 3.8) is 0 Å². The highest BCUT2D eigenvalue weighted by atomic mass is 14.9. The Bertz CT molecular complexity index is 837. The van der Waals surface area contributed by atoms with Gasteiger partial charge in [0, 0.05) is 18.2 Å². The Kier molecular flexibility index (Phi) is 2.83. The summed E-state index contributed by atoms with van der Waals surface area (Å²) < 4.78 is 0. The van der Waals surface area contributed by atoms with E-state index in [4.69, 9.17) is 0 Å². The van der Waals surface area contributed by atoms with E-state index in [1.807, 2.05) is 6.07 Å². The maximum atomic E-state index is 3.50. The van der Waals surface area contributed by atoms with Crippen molar-refractivity contribution in [1.29, 1.82) is 0 Å². The van der Waals surface area contributed by atoms with Crippen LogP contribution in [0.1, 0.15) is 26.4 Å². The minimum absolute atomic E-state index is 0. The van der Waals surface area contributed by atoms with Crippen molar-refractivity contribution in [2.45, 2.75) is 19.3 Å². The number of rotatable bonds is 2. The molecular weight excluding hydrogens is 266 g/mol. The number of para-hydroxylation sites is 1. The molecule has 0 radical (unpaired) electrons. The van der Waals surface area contributed by atoms with Gasteiger partial charge in [-0.1, -0.05) is 62.4 Å². The number of anilines is 2. The van der Waals surface area contributed by atoms with Gasteiger partial charge in [-0.25, -0.2) is 0 Å². The number of fused-ring (bicyclic) bond motifs is 3. The third-order valence-corrected chi connectivity index (χ3v) is 4.65. The Labute approximate surface area is 133 Å². The van der Waals surface area contributed by atoms with Crippen LogP contribution in [-0.2, 0) is 5.41 Å². The number of benzene rings is 3. The molecule has 1 aliphatic carbocycles. The highest BCUT2D eigenvalue weighted by Crippen LogP contribution is 2.49. The first kappa shape index (κ1) is 13.1. The van der Waals surface area contributed by atoms with E-state index < -0.39 is 0 Å². The summed E-state index contributed by atoms with van der Waals surface area (Å²) in [5, 5.41) is 3.50. The molecule has 0 saturated heterocycles. The highest BCUT2D eigenvalue weighted by molar-refractivity contribution is 5.82. The lowest BCUT2D eigenvalue weighted by atomic mass is 9.82. The maximum absolute atomic E-state index is 3.50. The summed E-state index contributed by atoms with van der Waals surface area (Å²) >= 11 is 0. The molecule has 0 fully saturated rings. The summed E-state index contributed by atoms with van der Waals surface area (Å²) in [5.74, 6) is 0. The second-order valence-electron chi connectivity index (χ2n) is 6.42. The van der Waals surface area contributed by atoms with Gasteiger partial charge in [0.2, 0.25) is 0 Å². The molecular formula is C21H21N. The smallest absolute Gasteiger partial charge is 0.0387 e. The van der Waals surface area contributed by atoms with Gasteiger partial charge in [0.15, 0.2) is 0 Å². The normalized spacial score (nSPS) is 14.3. The van der Waals surface area contributed by atoms with E-state index in [0.29, 0.717) is 0 Å². The minimum atomic E-state index is 0. The molecule has 0 saturated carbocycles. The summed E-state index contributed by atoms with van der Waals surface area (Å²) in [6.45, 7) is 4.62. The molecule has 1 N–H and O–H groups in total. The summed E-state index contributed by atoms with van der Waals surface area (Å²) in [7, 11) is 0. The zero-order valence-electron chi connectivity index (χ0n) is 12.9. The quantitative estimate of drug-likeness (QED) is 0.611. The van der Waals surface area contributed by atoms with Gasteiger partial charge >= 0.3 is 0 Å². The Balaban J connectivity index is 0.00000156. The molecule has 110 valence electrons. The van der Waals surface area contributed by atoms with Crippen LogP contribution >= 0.6 is 0 Å². The molecule has 1 heteroatoms. The average Bonchev–Trinajstić information content (AvgIpc) is 2.77. The Hall–Kier alpha value is -2.54. The van der Waals surface area contributed by atoms with E-state index >= 15 is 0 Å². The molecule has 1 nitrogen and oxygen atoms in total. The maximum Gasteiger partial charge on any atom is 0.0387 e. The lowest BCUT2D eigenvalue weighted by Gasteiger charge is -2.22. The molecule has 1 aliphatic rings. The fourth-order valence-electron chi connectivity index (χ4n) is 3.47. The zero-order chi connectivity index (χ0) is 15.2. The fraction of sp³-hybridized carbons (Fsp3) is 0.143. The molecule has 4 rings (SSSR count). The van der Waals surface area contributed by atoms with Crippen molar-refractivity contribution in [2.24, 2.45) is 0 Å². The van der Waals surface area contributed by atoms with E-state index in [1.165, 1.54) is 22.3 Å². The third kappa shape index (κ3) is 1.93. The van der Waals surface area contributed by atoms with Crippen LogP contribution in [-0.4, -0.2) is 0 Å². The van der Waals surface area contributed by atoms with E-state index in [0.717, 1.165) is 11.4 Å². The van der Waals surface area contributed by atoms with Crippen molar-refractivity contribution in [3.05, 3.63) is 83.9 Å². The van der Waals surface area contributed by atoms with Gasteiger partial charge in [0.25, 0.3) is 0 Å². The Morgan fingerprint density at radius 3 is 2.18 bits per heavy atom. The van der Waals surface area contributed by atoms with Gasteiger partial charge in [-0.15, -0.1) is 0 Å². The summed E-state index contributed by atoms with van der Waals surface area (Å²) in [4.78, 5) is 0. The predicted octanol–water partition coefficient (Wildman–Crippen LogP) is 5.98. The van der Waals surface area contributed by atoms with Crippen molar-refractivity contribution in [1.82, 2.24) is 0 Å². The molecule has 0 bridgehead atoms. The van der Waals surface area contributed by atoms with Crippen LogP contribution < -0.4 is 5.32 Å². The molecule has 0 spiro atoms. The standard InChI is InChI=1S/C21H19N.H2/c1-21(2)19-11-7-6-10-17(19)18-13-12-16(14-20(18)21)22-15-8-4-3-5-9-15;/h3-14,22H,1-2H3;1H. The summed E-state index contributed by atoms with van der Waals surface area (Å²) in [5.41, 5.74) is 7.87. The number of hydrogen-bond acceptors (Lipinski definition) is 1. The molecule has 0 unspecified atom stereocenters. The first-order valence-electron chi connectivity index (χ1n) is 7.73. The number of hydrogen-bond donors (Lipinski definition) is 1. The van der Waals surface area contributed by atoms with Crippen molar-refractivity contribution in [2.75, 3.05) is 5.32 Å². The second kappa shape index (κ2) is 4.74. The monoisotopic (exact) mass is 287 g/mol. The topological polar surface area (TPSA) is 12.0 Å². The molecule has 0 atom stereocenters. The molecule has 0 aliphatic heterocycles. The largest absolute Gasteiger partial charge is 0.356 e. The van der Waals surface area contributed by atoms with Gasteiger partial charge in [-0.2, -0.15) is 0 Å². The lowest BCUT2D eigenvalue weighted by molar-refractivity contribution is 0.660. The van der Waals surface area contributed by atoms with Crippen LogP contribution in [0.4, 0.5) is 11.4 Å². The van der Waals surface area contributed by atoms with E-state index in [-0.39, 0.29) is 6.84 Å². The Morgan fingerprint density at radius 1 is 0.682 bits per heavy atom. The molecule has 0 heterocycles. The first-order valence-corrected chi connectivity index (χ1v) is 7.73. The van der Waals surface area contributed by atoms with Crippen LogP contribution in [0, 0.1) is 0 Å². The fourth-order valence-corrected chi connectivity index (χ4v) is 3.47. The molecule has 3 aromatic carbocycles. The van der Waals surface area contributed by atoms with Crippen LogP contribution in [0.5, 0.6) is 0 Å². The zero-order valence-corrected chi connectivity index (χ0v) is 12.9.